The van der Waals surface area contributed by atoms with Gasteiger partial charge in [0.15, 0.2) is 0 Å². The minimum Gasteiger partial charge on any atom is -0.756 e. The molecule has 0 spiro atoms. The summed E-state index contributed by atoms with van der Waals surface area (Å²) in [6.07, 6.45) is 44.1. The molecular weight excluding hydrogens is 707 g/mol. The molecule has 3 atom stereocenters. The lowest BCUT2D eigenvalue weighted by atomic mass is 10.0. The Balaban J connectivity index is 3.68. The second-order valence-electron chi connectivity index (χ2n) is 17.8. The first kappa shape index (κ1) is 54.5. The second-order valence-corrected chi connectivity index (χ2v) is 19.2. The number of phosphoric ester groups is 1. The third-order valence-corrected chi connectivity index (χ3v) is 12.1. The summed E-state index contributed by atoms with van der Waals surface area (Å²) in [6.45, 7) is 4.50. The first-order valence-electron chi connectivity index (χ1n) is 23.9. The normalized spacial score (nSPS) is 14.2. The highest BCUT2D eigenvalue weighted by atomic mass is 31.2. The quantitative estimate of drug-likeness (QED) is 0.0361. The zero-order valence-electron chi connectivity index (χ0n) is 37.4. The molecule has 0 saturated carbocycles. The molecule has 2 N–H and O–H groups in total. The number of hydrogen-bond acceptors (Lipinski definition) is 6. The molecule has 0 aromatic carbocycles. The van der Waals surface area contributed by atoms with Crippen LogP contribution in [0.25, 0.3) is 0 Å². The predicted molar refractivity (Wildman–Crippen MR) is 233 cm³/mol. The molecular formula is C46H95N2O6P. The highest BCUT2D eigenvalue weighted by Crippen LogP contribution is 2.38. The van der Waals surface area contributed by atoms with E-state index in [0.29, 0.717) is 23.9 Å². The fourth-order valence-electron chi connectivity index (χ4n) is 7.25. The molecule has 9 heteroatoms. The van der Waals surface area contributed by atoms with Crippen LogP contribution < -0.4 is 10.2 Å². The molecule has 0 aromatic heterocycles. The molecule has 0 aliphatic rings. The number of aliphatic hydroxyl groups excluding tert-OH is 1. The zero-order valence-corrected chi connectivity index (χ0v) is 38.3. The Kier molecular flexibility index (Phi) is 38.6. The third kappa shape index (κ3) is 41.5. The topological polar surface area (TPSA) is 108 Å². The average Bonchev–Trinajstić information content (AvgIpc) is 3.14. The monoisotopic (exact) mass is 803 g/mol. The van der Waals surface area contributed by atoms with Gasteiger partial charge in [0.2, 0.25) is 5.91 Å². The van der Waals surface area contributed by atoms with Gasteiger partial charge in [-0.05, 0) is 12.8 Å². The molecule has 0 aliphatic heterocycles. The van der Waals surface area contributed by atoms with Crippen molar-refractivity contribution in [2.24, 2.45) is 0 Å². The molecule has 0 radical (unpaired) electrons. The van der Waals surface area contributed by atoms with Crippen molar-refractivity contribution in [2.75, 3.05) is 40.9 Å². The molecule has 55 heavy (non-hydrogen) atoms. The summed E-state index contributed by atoms with van der Waals surface area (Å²) in [5.74, 6) is -0.197. The van der Waals surface area contributed by atoms with Gasteiger partial charge in [-0.15, -0.1) is 0 Å². The van der Waals surface area contributed by atoms with Gasteiger partial charge in [0, 0.05) is 6.42 Å². The van der Waals surface area contributed by atoms with Crippen LogP contribution in [0.1, 0.15) is 239 Å². The largest absolute Gasteiger partial charge is 0.756 e. The third-order valence-electron chi connectivity index (χ3n) is 11.1. The lowest BCUT2D eigenvalue weighted by Gasteiger charge is -2.30. The van der Waals surface area contributed by atoms with Gasteiger partial charge in [0.1, 0.15) is 13.2 Å². The van der Waals surface area contributed by atoms with Crippen molar-refractivity contribution in [3.05, 3.63) is 0 Å². The van der Waals surface area contributed by atoms with E-state index < -0.39 is 20.0 Å². The lowest BCUT2D eigenvalue weighted by Crippen LogP contribution is -2.46. The average molecular weight is 803 g/mol. The van der Waals surface area contributed by atoms with E-state index in [1.54, 1.807) is 0 Å². The number of likely N-dealkylation sites (N-methyl/N-ethyl adjacent to an activating group) is 1. The fourth-order valence-corrected chi connectivity index (χ4v) is 7.98. The predicted octanol–water partition coefficient (Wildman–Crippen LogP) is 12.7. The van der Waals surface area contributed by atoms with Crippen LogP contribution in [0, 0.1) is 0 Å². The van der Waals surface area contributed by atoms with Gasteiger partial charge in [0.05, 0.1) is 39.9 Å². The molecule has 0 rings (SSSR count). The van der Waals surface area contributed by atoms with Gasteiger partial charge in [-0.25, -0.2) is 0 Å². The number of amides is 1. The molecule has 0 aromatic rings. The van der Waals surface area contributed by atoms with Crippen LogP contribution in [0.4, 0.5) is 0 Å². The van der Waals surface area contributed by atoms with Crippen molar-refractivity contribution in [3.63, 3.8) is 0 Å². The number of phosphoric acid groups is 1. The minimum atomic E-state index is -4.53. The maximum atomic E-state index is 12.4. The first-order chi connectivity index (χ1) is 26.5. The van der Waals surface area contributed by atoms with Gasteiger partial charge < -0.3 is 28.8 Å². The van der Waals surface area contributed by atoms with Crippen molar-refractivity contribution < 1.29 is 32.9 Å². The number of rotatable bonds is 44. The standard InChI is InChI=1S/C46H95N2O6P/c1-6-8-10-11-12-13-14-15-16-17-18-19-20-21-22-23-24-25-26-27-28-29-30-31-32-33-34-35-36-37-38-39-45(49)44(47-46(50)40-9-7-2)43-54-55(51,52)53-42-41-48(3,4)5/h44-45,49H,6-43H2,1-5H3,(H-,47,50,51,52). The Bertz CT molecular complexity index is 870. The van der Waals surface area contributed by atoms with E-state index in [1.807, 2.05) is 28.1 Å². The Morgan fingerprint density at radius 2 is 0.891 bits per heavy atom. The van der Waals surface area contributed by atoms with E-state index in [2.05, 4.69) is 12.2 Å². The van der Waals surface area contributed by atoms with Crippen molar-refractivity contribution in [2.45, 2.75) is 251 Å². The van der Waals surface area contributed by atoms with Gasteiger partial charge in [-0.3, -0.25) is 9.36 Å². The van der Waals surface area contributed by atoms with Crippen molar-refractivity contribution in [3.8, 4) is 0 Å². The van der Waals surface area contributed by atoms with E-state index in [-0.39, 0.29) is 19.1 Å². The van der Waals surface area contributed by atoms with Crippen molar-refractivity contribution in [1.29, 1.82) is 0 Å². The van der Waals surface area contributed by atoms with Gasteiger partial charge in [0.25, 0.3) is 7.82 Å². The number of nitrogens with one attached hydrogen (secondary N) is 1. The summed E-state index contributed by atoms with van der Waals surface area (Å²) in [5.41, 5.74) is 0. The second kappa shape index (κ2) is 39.0. The Hall–Kier alpha value is -0.500. The van der Waals surface area contributed by atoms with Crippen molar-refractivity contribution >= 4 is 13.7 Å². The molecule has 3 unspecified atom stereocenters. The number of carbonyl (C=O) groups is 1. The van der Waals surface area contributed by atoms with Gasteiger partial charge >= 0.3 is 0 Å². The maximum Gasteiger partial charge on any atom is 0.268 e. The number of unbranched alkanes of at least 4 members (excludes halogenated alkanes) is 31. The van der Waals surface area contributed by atoms with Crippen LogP contribution in [0.3, 0.4) is 0 Å². The van der Waals surface area contributed by atoms with Gasteiger partial charge in [-0.2, -0.15) is 0 Å². The fraction of sp³-hybridized carbons (Fsp3) is 0.978. The van der Waals surface area contributed by atoms with Crippen LogP contribution >= 0.6 is 7.82 Å². The van der Waals surface area contributed by atoms with Crippen molar-refractivity contribution in [1.82, 2.24) is 5.32 Å². The molecule has 0 bridgehead atoms. The number of nitrogens with zero attached hydrogens (tertiary/aromatic N) is 1. The highest BCUT2D eigenvalue weighted by Gasteiger charge is 2.24. The summed E-state index contributed by atoms with van der Waals surface area (Å²) < 4.78 is 22.9. The smallest absolute Gasteiger partial charge is 0.268 e. The van der Waals surface area contributed by atoms with Crippen LogP contribution in [-0.4, -0.2) is 68.5 Å². The summed E-state index contributed by atoms with van der Waals surface area (Å²) in [5, 5.41) is 13.6. The zero-order chi connectivity index (χ0) is 40.7. The summed E-state index contributed by atoms with van der Waals surface area (Å²) in [7, 11) is 1.31. The molecule has 0 heterocycles. The molecule has 330 valence electrons. The van der Waals surface area contributed by atoms with Crippen LogP contribution in [0.2, 0.25) is 0 Å². The molecule has 0 aliphatic carbocycles. The Labute approximate surface area is 342 Å². The number of quaternary nitrogens is 1. The summed E-state index contributed by atoms with van der Waals surface area (Å²) in [4.78, 5) is 24.7. The lowest BCUT2D eigenvalue weighted by molar-refractivity contribution is -0.870. The van der Waals surface area contributed by atoms with E-state index in [0.717, 1.165) is 32.1 Å². The highest BCUT2D eigenvalue weighted by molar-refractivity contribution is 7.45. The van der Waals surface area contributed by atoms with Crippen LogP contribution in [-0.2, 0) is 18.4 Å². The van der Waals surface area contributed by atoms with Gasteiger partial charge in [-0.1, -0.05) is 219 Å². The SMILES string of the molecule is CCCCCCCCCCCCCCCCCCCCCCCCCCCCCCCCCC(O)C(COP(=O)([O-])OCC[N+](C)(C)C)NC(=O)CCCC. The summed E-state index contributed by atoms with van der Waals surface area (Å²) in [6, 6.07) is -0.790. The Morgan fingerprint density at radius 3 is 1.22 bits per heavy atom. The minimum absolute atomic E-state index is 0.0139. The van der Waals surface area contributed by atoms with Crippen LogP contribution in [0.5, 0.6) is 0 Å². The Morgan fingerprint density at radius 1 is 0.564 bits per heavy atom. The molecule has 0 fully saturated rings. The molecule has 1 amide bonds. The van der Waals surface area contributed by atoms with E-state index in [9.17, 15) is 19.4 Å². The number of aliphatic hydroxyl groups is 1. The van der Waals surface area contributed by atoms with Crippen LogP contribution in [0.15, 0.2) is 0 Å². The number of carbonyl (C=O) groups excluding carboxylic acids is 1. The first-order valence-corrected chi connectivity index (χ1v) is 25.3. The molecule has 8 nitrogen and oxygen atoms in total. The molecule has 0 saturated heterocycles. The van der Waals surface area contributed by atoms with E-state index >= 15 is 0 Å². The summed E-state index contributed by atoms with van der Waals surface area (Å²) >= 11 is 0. The van der Waals surface area contributed by atoms with E-state index in [4.69, 9.17) is 9.05 Å². The maximum absolute atomic E-state index is 12.4. The van der Waals surface area contributed by atoms with E-state index in [1.165, 1.54) is 180 Å². The number of hydrogen-bond donors (Lipinski definition) is 2.